The Bertz CT molecular complexity index is 581. The lowest BCUT2D eigenvalue weighted by molar-refractivity contribution is -0.117. The van der Waals surface area contributed by atoms with Crippen LogP contribution in [0.1, 0.15) is 30.9 Å². The lowest BCUT2D eigenvalue weighted by atomic mass is 10.0. The zero-order chi connectivity index (χ0) is 14.5. The Kier molecular flexibility index (Phi) is 4.41. The van der Waals surface area contributed by atoms with Gasteiger partial charge in [0.25, 0.3) is 5.91 Å². The zero-order valence-corrected chi connectivity index (χ0v) is 11.8. The van der Waals surface area contributed by atoms with Crippen molar-refractivity contribution in [3.63, 3.8) is 0 Å². The second kappa shape index (κ2) is 6.25. The Labute approximate surface area is 119 Å². The number of nitriles is 1. The van der Waals surface area contributed by atoms with Gasteiger partial charge in [0.15, 0.2) is 0 Å². The highest BCUT2D eigenvalue weighted by Crippen LogP contribution is 2.24. The van der Waals surface area contributed by atoms with E-state index in [9.17, 15) is 4.79 Å². The van der Waals surface area contributed by atoms with Crippen LogP contribution in [-0.2, 0) is 11.2 Å². The summed E-state index contributed by atoms with van der Waals surface area (Å²) in [6.07, 6.45) is 4.48. The topological polar surface area (TPSA) is 62.1 Å². The van der Waals surface area contributed by atoms with Crippen molar-refractivity contribution >= 4 is 12.0 Å². The van der Waals surface area contributed by atoms with Crippen molar-refractivity contribution in [1.82, 2.24) is 5.32 Å². The number of nitrogens with zero attached hydrogens (tertiary/aromatic N) is 1. The molecule has 0 saturated heterocycles. The van der Waals surface area contributed by atoms with Gasteiger partial charge < -0.3 is 10.1 Å². The highest BCUT2D eigenvalue weighted by Gasteiger charge is 2.24. The minimum Gasteiger partial charge on any atom is -0.496 e. The first-order valence-electron chi connectivity index (χ1n) is 6.77. The number of carbonyl (C=O) groups excluding carboxylic acids is 1. The van der Waals surface area contributed by atoms with Gasteiger partial charge in [-0.1, -0.05) is 13.0 Å². The lowest BCUT2D eigenvalue weighted by Crippen LogP contribution is -2.26. The van der Waals surface area contributed by atoms with Crippen LogP contribution in [0.15, 0.2) is 23.8 Å². The minimum atomic E-state index is -0.307. The van der Waals surface area contributed by atoms with Crippen LogP contribution in [0.25, 0.3) is 6.08 Å². The Morgan fingerprint density at radius 3 is 2.85 bits per heavy atom. The molecule has 1 saturated carbocycles. The summed E-state index contributed by atoms with van der Waals surface area (Å²) in [5.41, 5.74) is 2.01. The Balaban J connectivity index is 2.30. The molecule has 0 bridgehead atoms. The van der Waals surface area contributed by atoms with Gasteiger partial charge in [-0.3, -0.25) is 4.79 Å². The van der Waals surface area contributed by atoms with E-state index in [2.05, 4.69) is 12.2 Å². The molecule has 0 heterocycles. The maximum atomic E-state index is 11.9. The van der Waals surface area contributed by atoms with E-state index in [-0.39, 0.29) is 17.5 Å². The number of aryl methyl sites for hydroxylation is 1. The molecule has 20 heavy (non-hydrogen) atoms. The van der Waals surface area contributed by atoms with Crippen LogP contribution in [0.5, 0.6) is 5.75 Å². The van der Waals surface area contributed by atoms with Gasteiger partial charge in [0, 0.05) is 11.6 Å². The molecule has 2 rings (SSSR count). The van der Waals surface area contributed by atoms with E-state index in [1.54, 1.807) is 13.2 Å². The number of nitrogens with one attached hydrogen (secondary N) is 1. The fraction of sp³-hybridized carbons (Fsp3) is 0.375. The van der Waals surface area contributed by atoms with Crippen LogP contribution in [0, 0.1) is 11.3 Å². The summed E-state index contributed by atoms with van der Waals surface area (Å²) in [5, 5.41) is 12.0. The number of ether oxygens (including phenoxy) is 1. The average molecular weight is 270 g/mol. The van der Waals surface area contributed by atoms with Crippen LogP contribution in [-0.4, -0.2) is 19.1 Å². The summed E-state index contributed by atoms with van der Waals surface area (Å²) in [4.78, 5) is 11.9. The number of hydrogen-bond acceptors (Lipinski definition) is 3. The third-order valence-corrected chi connectivity index (χ3v) is 3.28. The molecular weight excluding hydrogens is 252 g/mol. The number of rotatable bonds is 5. The van der Waals surface area contributed by atoms with E-state index >= 15 is 0 Å². The molecule has 1 amide bonds. The highest BCUT2D eigenvalue weighted by molar-refractivity contribution is 6.02. The van der Waals surface area contributed by atoms with Crippen molar-refractivity contribution in [3.05, 3.63) is 34.9 Å². The van der Waals surface area contributed by atoms with Crippen LogP contribution in [0.4, 0.5) is 0 Å². The van der Waals surface area contributed by atoms with Gasteiger partial charge in [-0.15, -0.1) is 0 Å². The maximum absolute atomic E-state index is 11.9. The molecule has 0 unspecified atom stereocenters. The fourth-order valence-corrected chi connectivity index (χ4v) is 1.91. The average Bonchev–Trinajstić information content (AvgIpc) is 3.28. The van der Waals surface area contributed by atoms with E-state index in [0.29, 0.717) is 5.75 Å². The highest BCUT2D eigenvalue weighted by atomic mass is 16.5. The quantitative estimate of drug-likeness (QED) is 0.660. The number of amides is 1. The molecule has 1 aliphatic rings. The monoisotopic (exact) mass is 270 g/mol. The summed E-state index contributed by atoms with van der Waals surface area (Å²) < 4.78 is 5.28. The van der Waals surface area contributed by atoms with E-state index < -0.39 is 0 Å². The molecule has 1 aromatic rings. The molecule has 0 aromatic heterocycles. The van der Waals surface area contributed by atoms with Gasteiger partial charge in [-0.05, 0) is 43.0 Å². The van der Waals surface area contributed by atoms with Gasteiger partial charge in [-0.25, -0.2) is 0 Å². The third kappa shape index (κ3) is 3.39. The molecule has 0 radical (unpaired) electrons. The van der Waals surface area contributed by atoms with Crippen molar-refractivity contribution in [2.45, 2.75) is 32.2 Å². The molecule has 4 nitrogen and oxygen atoms in total. The summed E-state index contributed by atoms with van der Waals surface area (Å²) >= 11 is 0. The van der Waals surface area contributed by atoms with E-state index in [4.69, 9.17) is 10.00 Å². The van der Waals surface area contributed by atoms with E-state index in [1.807, 2.05) is 24.3 Å². The molecule has 1 N–H and O–H groups in total. The standard InChI is InChI=1S/C16H18N2O2/c1-3-11-4-7-15(20-2)12(8-11)9-13(10-17)16(19)18-14-5-6-14/h4,7-9,14H,3,5-6H2,1-2H3,(H,18,19)/b13-9+. The first-order valence-corrected chi connectivity index (χ1v) is 6.77. The third-order valence-electron chi connectivity index (χ3n) is 3.28. The van der Waals surface area contributed by atoms with Crippen molar-refractivity contribution < 1.29 is 9.53 Å². The van der Waals surface area contributed by atoms with Crippen LogP contribution in [0.2, 0.25) is 0 Å². The second-order valence-electron chi connectivity index (χ2n) is 4.85. The van der Waals surface area contributed by atoms with Crippen molar-refractivity contribution in [3.8, 4) is 11.8 Å². The largest absolute Gasteiger partial charge is 0.496 e. The molecular formula is C16H18N2O2. The molecule has 0 spiro atoms. The number of carbonyl (C=O) groups is 1. The number of hydrogen-bond donors (Lipinski definition) is 1. The Morgan fingerprint density at radius 1 is 1.55 bits per heavy atom. The normalized spacial score (nSPS) is 14.6. The van der Waals surface area contributed by atoms with Crippen molar-refractivity contribution in [2.75, 3.05) is 7.11 Å². The summed E-state index contributed by atoms with van der Waals surface area (Å²) in [5.74, 6) is 0.355. The summed E-state index contributed by atoms with van der Waals surface area (Å²) in [6.45, 7) is 2.06. The van der Waals surface area contributed by atoms with Gasteiger partial charge in [-0.2, -0.15) is 5.26 Å². The smallest absolute Gasteiger partial charge is 0.262 e. The molecule has 1 aromatic carbocycles. The zero-order valence-electron chi connectivity index (χ0n) is 11.8. The predicted molar refractivity (Wildman–Crippen MR) is 77.1 cm³/mol. The maximum Gasteiger partial charge on any atom is 0.262 e. The molecule has 0 atom stereocenters. The SMILES string of the molecule is CCc1ccc(OC)c(/C=C(\C#N)C(=O)NC2CC2)c1. The molecule has 0 aliphatic heterocycles. The lowest BCUT2D eigenvalue weighted by Gasteiger charge is -2.08. The first-order chi connectivity index (χ1) is 9.67. The van der Waals surface area contributed by atoms with Gasteiger partial charge in [0.2, 0.25) is 0 Å². The van der Waals surface area contributed by atoms with Gasteiger partial charge in [0.1, 0.15) is 17.4 Å². The number of benzene rings is 1. The minimum absolute atomic E-state index is 0.114. The van der Waals surface area contributed by atoms with Gasteiger partial charge >= 0.3 is 0 Å². The van der Waals surface area contributed by atoms with Crippen LogP contribution in [0.3, 0.4) is 0 Å². The van der Waals surface area contributed by atoms with Crippen molar-refractivity contribution in [2.24, 2.45) is 0 Å². The van der Waals surface area contributed by atoms with Crippen LogP contribution < -0.4 is 10.1 Å². The molecule has 1 aliphatic carbocycles. The molecule has 104 valence electrons. The van der Waals surface area contributed by atoms with Crippen LogP contribution >= 0.6 is 0 Å². The van der Waals surface area contributed by atoms with Crippen molar-refractivity contribution in [1.29, 1.82) is 5.26 Å². The van der Waals surface area contributed by atoms with E-state index in [1.165, 1.54) is 0 Å². The summed E-state index contributed by atoms with van der Waals surface area (Å²) in [7, 11) is 1.58. The molecule has 1 fully saturated rings. The Morgan fingerprint density at radius 2 is 2.30 bits per heavy atom. The second-order valence-corrected chi connectivity index (χ2v) is 4.85. The number of methoxy groups -OCH3 is 1. The van der Waals surface area contributed by atoms with Gasteiger partial charge in [0.05, 0.1) is 7.11 Å². The molecule has 4 heteroatoms. The van der Waals surface area contributed by atoms with E-state index in [0.717, 1.165) is 30.4 Å². The first kappa shape index (κ1) is 14.1. The summed E-state index contributed by atoms with van der Waals surface area (Å²) in [6, 6.07) is 7.99. The predicted octanol–water partition coefficient (Wildman–Crippen LogP) is 2.44. The Hall–Kier alpha value is -2.28. The fourth-order valence-electron chi connectivity index (χ4n) is 1.91.